The van der Waals surface area contributed by atoms with Gasteiger partial charge in [0.25, 0.3) is 0 Å². The number of aromatic nitrogens is 2. The van der Waals surface area contributed by atoms with Crippen molar-refractivity contribution in [1.29, 1.82) is 5.26 Å². The van der Waals surface area contributed by atoms with Crippen LogP contribution in [0, 0.1) is 11.3 Å². The smallest absolute Gasteiger partial charge is 0.139 e. The van der Waals surface area contributed by atoms with Crippen LogP contribution in [0.1, 0.15) is 5.56 Å². The fourth-order valence-corrected chi connectivity index (χ4v) is 2.49. The first-order valence-corrected chi connectivity index (χ1v) is 6.06. The first-order chi connectivity index (χ1) is 9.35. The predicted octanol–water partition coefficient (Wildman–Crippen LogP) is 3.74. The van der Waals surface area contributed by atoms with Crippen LogP contribution in [0.25, 0.3) is 32.8 Å². The first kappa shape index (κ1) is 10.1. The van der Waals surface area contributed by atoms with Crippen LogP contribution >= 0.6 is 0 Å². The number of hydrogen-bond donors (Lipinski definition) is 1. The molecule has 0 radical (unpaired) electrons. The van der Waals surface area contributed by atoms with Crippen molar-refractivity contribution in [2.75, 3.05) is 0 Å². The van der Waals surface area contributed by atoms with Gasteiger partial charge in [0.15, 0.2) is 0 Å². The second kappa shape index (κ2) is 3.56. The van der Waals surface area contributed by atoms with Gasteiger partial charge in [-0.2, -0.15) is 5.26 Å². The highest BCUT2D eigenvalue weighted by Crippen LogP contribution is 2.27. The second-order valence-electron chi connectivity index (χ2n) is 4.57. The summed E-state index contributed by atoms with van der Waals surface area (Å²) in [7, 11) is 0. The summed E-state index contributed by atoms with van der Waals surface area (Å²) in [5.41, 5.74) is 3.52. The van der Waals surface area contributed by atoms with Crippen molar-refractivity contribution in [2.24, 2.45) is 0 Å². The maximum absolute atomic E-state index is 9.00. The molecule has 0 saturated heterocycles. The summed E-state index contributed by atoms with van der Waals surface area (Å²) in [5.74, 6) is 0. The summed E-state index contributed by atoms with van der Waals surface area (Å²) >= 11 is 0. The van der Waals surface area contributed by atoms with Gasteiger partial charge < -0.3 is 4.98 Å². The average molecular weight is 243 g/mol. The molecule has 0 amide bonds. The van der Waals surface area contributed by atoms with E-state index < -0.39 is 0 Å². The van der Waals surface area contributed by atoms with Crippen molar-refractivity contribution < 1.29 is 0 Å². The van der Waals surface area contributed by atoms with Gasteiger partial charge in [0.05, 0.1) is 17.1 Å². The van der Waals surface area contributed by atoms with Gasteiger partial charge in [0.2, 0.25) is 0 Å². The van der Waals surface area contributed by atoms with E-state index in [1.54, 1.807) is 0 Å². The number of H-pyrrole nitrogens is 1. The minimum Gasteiger partial charge on any atom is -0.339 e. The zero-order valence-corrected chi connectivity index (χ0v) is 10.0. The summed E-state index contributed by atoms with van der Waals surface area (Å²) in [6, 6.07) is 18.0. The molecule has 0 aliphatic rings. The molecule has 2 heterocycles. The maximum Gasteiger partial charge on any atom is 0.139 e. The van der Waals surface area contributed by atoms with Crippen molar-refractivity contribution in [1.82, 2.24) is 9.97 Å². The number of para-hydroxylation sites is 1. The number of pyridine rings is 1. The number of nitriles is 1. The highest BCUT2D eigenvalue weighted by molar-refractivity contribution is 6.09. The Kier molecular flexibility index (Phi) is 1.89. The fourth-order valence-electron chi connectivity index (χ4n) is 2.49. The molecule has 0 saturated carbocycles. The van der Waals surface area contributed by atoms with Gasteiger partial charge >= 0.3 is 0 Å². The van der Waals surface area contributed by atoms with Gasteiger partial charge in [0, 0.05) is 21.7 Å². The second-order valence-corrected chi connectivity index (χ2v) is 4.57. The van der Waals surface area contributed by atoms with Crippen molar-refractivity contribution in [3.63, 3.8) is 0 Å². The number of hydrogen-bond acceptors (Lipinski definition) is 2. The molecule has 0 bridgehead atoms. The van der Waals surface area contributed by atoms with Crippen LogP contribution in [-0.2, 0) is 0 Å². The molecule has 0 spiro atoms. The summed E-state index contributed by atoms with van der Waals surface area (Å²) in [6.45, 7) is 0. The first-order valence-electron chi connectivity index (χ1n) is 6.06. The Morgan fingerprint density at radius 1 is 1.00 bits per heavy atom. The minimum absolute atomic E-state index is 0.668. The predicted molar refractivity (Wildman–Crippen MR) is 75.8 cm³/mol. The molecule has 0 fully saturated rings. The van der Waals surface area contributed by atoms with Crippen molar-refractivity contribution in [3.05, 3.63) is 54.1 Å². The van der Waals surface area contributed by atoms with Crippen LogP contribution < -0.4 is 0 Å². The van der Waals surface area contributed by atoms with Gasteiger partial charge in [-0.1, -0.05) is 18.2 Å². The topological polar surface area (TPSA) is 52.5 Å². The minimum atomic E-state index is 0.668. The Labute approximate surface area is 109 Å². The third-order valence-electron chi connectivity index (χ3n) is 3.42. The van der Waals surface area contributed by atoms with Gasteiger partial charge in [-0.05, 0) is 30.3 Å². The zero-order valence-electron chi connectivity index (χ0n) is 10.0. The summed E-state index contributed by atoms with van der Waals surface area (Å²) < 4.78 is 0. The molecule has 88 valence electrons. The monoisotopic (exact) mass is 243 g/mol. The molecular weight excluding hydrogens is 234 g/mol. The average Bonchev–Trinajstić information content (AvgIpc) is 2.81. The van der Waals surface area contributed by atoms with Gasteiger partial charge in [-0.15, -0.1) is 0 Å². The fraction of sp³-hybridized carbons (Fsp3) is 0. The SMILES string of the molecule is N#Cc1ccc2[nH]c3nc4ccccc4cc3c2c1. The van der Waals surface area contributed by atoms with E-state index in [1.807, 2.05) is 36.4 Å². The summed E-state index contributed by atoms with van der Waals surface area (Å²) in [6.07, 6.45) is 0. The lowest BCUT2D eigenvalue weighted by Crippen LogP contribution is -1.79. The highest BCUT2D eigenvalue weighted by atomic mass is 14.9. The molecule has 3 heteroatoms. The number of fused-ring (bicyclic) bond motifs is 4. The van der Waals surface area contributed by atoms with Crippen LogP contribution in [0.15, 0.2) is 48.5 Å². The van der Waals surface area contributed by atoms with E-state index >= 15 is 0 Å². The molecule has 4 rings (SSSR count). The molecule has 1 N–H and O–H groups in total. The Balaban J connectivity index is 2.21. The van der Waals surface area contributed by atoms with E-state index in [0.717, 1.165) is 32.8 Å². The summed E-state index contributed by atoms with van der Waals surface area (Å²) in [4.78, 5) is 7.93. The van der Waals surface area contributed by atoms with E-state index in [4.69, 9.17) is 5.26 Å². The van der Waals surface area contributed by atoms with Crippen molar-refractivity contribution in [3.8, 4) is 6.07 Å². The summed E-state index contributed by atoms with van der Waals surface area (Å²) in [5, 5.41) is 12.2. The Morgan fingerprint density at radius 3 is 2.79 bits per heavy atom. The largest absolute Gasteiger partial charge is 0.339 e. The highest BCUT2D eigenvalue weighted by Gasteiger charge is 2.07. The molecule has 0 aliphatic carbocycles. The van der Waals surface area contributed by atoms with Crippen LogP contribution in [0.3, 0.4) is 0 Å². The molecule has 19 heavy (non-hydrogen) atoms. The lowest BCUT2D eigenvalue weighted by atomic mass is 10.1. The molecule has 0 aliphatic heterocycles. The Morgan fingerprint density at radius 2 is 1.89 bits per heavy atom. The molecular formula is C16H9N3. The molecule has 0 unspecified atom stereocenters. The number of rotatable bonds is 0. The number of nitrogens with one attached hydrogen (secondary N) is 1. The molecule has 2 aromatic carbocycles. The van der Waals surface area contributed by atoms with Crippen molar-refractivity contribution >= 4 is 32.8 Å². The standard InChI is InChI=1S/C16H9N3/c17-9-10-5-6-15-12(7-10)13-8-11-3-1-2-4-14(11)18-16(13)19-15/h1-8H,(H,18,19). The van der Waals surface area contributed by atoms with E-state index in [-0.39, 0.29) is 0 Å². The van der Waals surface area contributed by atoms with Crippen molar-refractivity contribution in [2.45, 2.75) is 0 Å². The normalized spacial score (nSPS) is 11.1. The van der Waals surface area contributed by atoms with E-state index in [1.165, 1.54) is 0 Å². The van der Waals surface area contributed by atoms with Crippen LogP contribution in [0.2, 0.25) is 0 Å². The molecule has 0 atom stereocenters. The molecule has 4 aromatic rings. The van der Waals surface area contributed by atoms with Crippen LogP contribution in [0.4, 0.5) is 0 Å². The van der Waals surface area contributed by atoms with Gasteiger partial charge in [0.1, 0.15) is 5.65 Å². The molecule has 2 aromatic heterocycles. The van der Waals surface area contributed by atoms with E-state index in [0.29, 0.717) is 5.56 Å². The Hall–Kier alpha value is -2.86. The number of aromatic amines is 1. The van der Waals surface area contributed by atoms with E-state index in [2.05, 4.69) is 28.2 Å². The quantitative estimate of drug-likeness (QED) is 0.511. The molecule has 3 nitrogen and oxygen atoms in total. The third-order valence-corrected chi connectivity index (χ3v) is 3.42. The van der Waals surface area contributed by atoms with Gasteiger partial charge in [-0.3, -0.25) is 0 Å². The lowest BCUT2D eigenvalue weighted by molar-refractivity contribution is 1.40. The lowest BCUT2D eigenvalue weighted by Gasteiger charge is -1.97. The third kappa shape index (κ3) is 1.40. The van der Waals surface area contributed by atoms with Crippen LogP contribution in [0.5, 0.6) is 0 Å². The number of nitrogens with zero attached hydrogens (tertiary/aromatic N) is 2. The zero-order chi connectivity index (χ0) is 12.8. The van der Waals surface area contributed by atoms with Gasteiger partial charge in [-0.25, -0.2) is 4.98 Å². The number of benzene rings is 2. The van der Waals surface area contributed by atoms with E-state index in [9.17, 15) is 0 Å². The van der Waals surface area contributed by atoms with Crippen LogP contribution in [-0.4, -0.2) is 9.97 Å². The maximum atomic E-state index is 9.00. The Bertz CT molecular complexity index is 974.